The first-order valence-electron chi connectivity index (χ1n) is 6.00. The van der Waals surface area contributed by atoms with Gasteiger partial charge in [0.05, 0.1) is 0 Å². The van der Waals surface area contributed by atoms with Crippen molar-refractivity contribution in [2.24, 2.45) is 0 Å². The fraction of sp³-hybridized carbons (Fsp3) is 0.214. The van der Waals surface area contributed by atoms with Crippen molar-refractivity contribution in [3.8, 4) is 0 Å². The first-order chi connectivity index (χ1) is 9.25. The van der Waals surface area contributed by atoms with Crippen LogP contribution in [0.3, 0.4) is 0 Å². The molecule has 0 saturated carbocycles. The van der Waals surface area contributed by atoms with E-state index >= 15 is 0 Å². The molecular formula is C14H12Cl2N2S. The van der Waals surface area contributed by atoms with Gasteiger partial charge in [-0.15, -0.1) is 11.8 Å². The van der Waals surface area contributed by atoms with Crippen LogP contribution in [0.5, 0.6) is 0 Å². The molecule has 0 radical (unpaired) electrons. The van der Waals surface area contributed by atoms with Gasteiger partial charge in [-0.2, -0.15) is 0 Å². The summed E-state index contributed by atoms with van der Waals surface area (Å²) in [6.07, 6.45) is 1.82. The monoisotopic (exact) mass is 310 g/mol. The lowest BCUT2D eigenvalue weighted by molar-refractivity contribution is 0.838. The molecule has 98 valence electrons. The molecule has 1 unspecified atom stereocenters. The third kappa shape index (κ3) is 2.69. The summed E-state index contributed by atoms with van der Waals surface area (Å²) in [6, 6.07) is 11.7. The summed E-state index contributed by atoms with van der Waals surface area (Å²) in [5.74, 6) is 2.06. The van der Waals surface area contributed by atoms with Gasteiger partial charge in [0.1, 0.15) is 11.2 Å². The topological polar surface area (TPSA) is 16.1 Å². The predicted molar refractivity (Wildman–Crippen MR) is 83.2 cm³/mol. The van der Waals surface area contributed by atoms with Crippen molar-refractivity contribution in [3.05, 3.63) is 58.2 Å². The number of pyridine rings is 1. The Labute approximate surface area is 126 Å². The van der Waals surface area contributed by atoms with Crippen molar-refractivity contribution in [3.63, 3.8) is 0 Å². The lowest BCUT2D eigenvalue weighted by Crippen LogP contribution is -2.23. The molecule has 1 atom stereocenters. The van der Waals surface area contributed by atoms with Gasteiger partial charge in [-0.1, -0.05) is 35.3 Å². The van der Waals surface area contributed by atoms with Crippen LogP contribution >= 0.6 is 35.0 Å². The molecule has 2 nitrogen and oxygen atoms in total. The highest BCUT2D eigenvalue weighted by atomic mass is 35.5. The summed E-state index contributed by atoms with van der Waals surface area (Å²) < 4.78 is 0. The maximum atomic E-state index is 6.32. The largest absolute Gasteiger partial charge is 0.340 e. The van der Waals surface area contributed by atoms with Gasteiger partial charge in [0.15, 0.2) is 0 Å². The molecule has 2 aromatic rings. The maximum absolute atomic E-state index is 6.32. The Morgan fingerprint density at radius 1 is 1.21 bits per heavy atom. The highest BCUT2D eigenvalue weighted by molar-refractivity contribution is 7.99. The fourth-order valence-electron chi connectivity index (χ4n) is 2.19. The first kappa shape index (κ1) is 13.1. The number of hydrogen-bond donors (Lipinski definition) is 0. The maximum Gasteiger partial charge on any atom is 0.129 e. The molecule has 5 heteroatoms. The van der Waals surface area contributed by atoms with Crippen molar-refractivity contribution in [1.82, 2.24) is 4.98 Å². The van der Waals surface area contributed by atoms with E-state index in [2.05, 4.69) is 9.88 Å². The van der Waals surface area contributed by atoms with E-state index in [9.17, 15) is 0 Å². The van der Waals surface area contributed by atoms with Crippen molar-refractivity contribution in [2.45, 2.75) is 5.37 Å². The Morgan fingerprint density at radius 3 is 2.84 bits per heavy atom. The number of nitrogens with zero attached hydrogens (tertiary/aromatic N) is 2. The van der Waals surface area contributed by atoms with Crippen LogP contribution < -0.4 is 4.90 Å². The van der Waals surface area contributed by atoms with Gasteiger partial charge in [0.25, 0.3) is 0 Å². The van der Waals surface area contributed by atoms with Crippen LogP contribution in [0.25, 0.3) is 0 Å². The Hall–Kier alpha value is -0.900. The van der Waals surface area contributed by atoms with Crippen LogP contribution in [0.1, 0.15) is 10.9 Å². The van der Waals surface area contributed by atoms with Crippen molar-refractivity contribution >= 4 is 40.8 Å². The number of benzene rings is 1. The molecule has 1 aromatic heterocycles. The van der Waals surface area contributed by atoms with Crippen molar-refractivity contribution in [2.75, 3.05) is 17.2 Å². The van der Waals surface area contributed by atoms with Gasteiger partial charge in [0, 0.05) is 34.1 Å². The van der Waals surface area contributed by atoms with Crippen molar-refractivity contribution in [1.29, 1.82) is 0 Å². The number of halogens is 2. The third-order valence-electron chi connectivity index (χ3n) is 3.06. The number of aromatic nitrogens is 1. The van der Waals surface area contributed by atoms with E-state index in [1.54, 1.807) is 6.07 Å². The van der Waals surface area contributed by atoms with Gasteiger partial charge in [-0.3, -0.25) is 0 Å². The van der Waals surface area contributed by atoms with Crippen LogP contribution in [0, 0.1) is 0 Å². The van der Waals surface area contributed by atoms with E-state index in [1.165, 1.54) is 0 Å². The van der Waals surface area contributed by atoms with Gasteiger partial charge < -0.3 is 4.90 Å². The highest BCUT2D eigenvalue weighted by Gasteiger charge is 2.29. The molecule has 0 N–H and O–H groups in total. The molecule has 1 aliphatic rings. The predicted octanol–water partition coefficient (Wildman–Crippen LogP) is 4.64. The average molecular weight is 311 g/mol. The lowest BCUT2D eigenvalue weighted by Gasteiger charge is -2.25. The van der Waals surface area contributed by atoms with Crippen LogP contribution in [0.15, 0.2) is 42.6 Å². The van der Waals surface area contributed by atoms with Crippen LogP contribution in [-0.2, 0) is 0 Å². The van der Waals surface area contributed by atoms with Crippen LogP contribution in [0.4, 0.5) is 5.82 Å². The van der Waals surface area contributed by atoms with Gasteiger partial charge in [0.2, 0.25) is 0 Å². The van der Waals surface area contributed by atoms with Gasteiger partial charge >= 0.3 is 0 Å². The summed E-state index contributed by atoms with van der Waals surface area (Å²) in [7, 11) is 0. The Morgan fingerprint density at radius 2 is 2.11 bits per heavy atom. The molecule has 0 amide bonds. The Balaban J connectivity index is 1.95. The quantitative estimate of drug-likeness (QED) is 0.804. The Bertz CT molecular complexity index is 577. The molecule has 2 heterocycles. The number of hydrogen-bond acceptors (Lipinski definition) is 3. The fourth-order valence-corrected chi connectivity index (χ4v) is 4.07. The minimum absolute atomic E-state index is 0.208. The smallest absolute Gasteiger partial charge is 0.129 e. The standard InChI is InChI=1S/C14H12Cl2N2S/c15-10-4-5-11(12(16)9-10)14-18(7-8-19-14)13-3-1-2-6-17-13/h1-6,9,14H,7-8H2. The second kappa shape index (κ2) is 5.61. The van der Waals surface area contributed by atoms with E-state index in [0.717, 1.165) is 23.7 Å². The SMILES string of the molecule is Clc1ccc(C2SCCN2c2ccccn2)c(Cl)c1. The van der Waals surface area contributed by atoms with Gasteiger partial charge in [-0.05, 0) is 24.3 Å². The zero-order valence-electron chi connectivity index (χ0n) is 10.1. The highest BCUT2D eigenvalue weighted by Crippen LogP contribution is 2.43. The second-order valence-corrected chi connectivity index (χ2v) is 6.30. The first-order valence-corrected chi connectivity index (χ1v) is 7.80. The average Bonchev–Trinajstić information content (AvgIpc) is 2.89. The van der Waals surface area contributed by atoms with E-state index in [0.29, 0.717) is 10.0 Å². The third-order valence-corrected chi connectivity index (χ3v) is 4.87. The van der Waals surface area contributed by atoms with E-state index < -0.39 is 0 Å². The summed E-state index contributed by atoms with van der Waals surface area (Å²) in [4.78, 5) is 6.70. The molecule has 0 aliphatic carbocycles. The molecule has 1 aliphatic heterocycles. The van der Waals surface area contributed by atoms with E-state index in [4.69, 9.17) is 23.2 Å². The molecule has 0 spiro atoms. The number of rotatable bonds is 2. The Kier molecular flexibility index (Phi) is 3.87. The molecule has 3 rings (SSSR count). The van der Waals surface area contributed by atoms with E-state index in [1.807, 2.05) is 48.3 Å². The number of anilines is 1. The molecule has 1 fully saturated rings. The molecule has 1 saturated heterocycles. The van der Waals surface area contributed by atoms with Crippen molar-refractivity contribution < 1.29 is 0 Å². The zero-order chi connectivity index (χ0) is 13.2. The summed E-state index contributed by atoms with van der Waals surface area (Å²) in [6.45, 7) is 0.977. The minimum atomic E-state index is 0.208. The lowest BCUT2D eigenvalue weighted by atomic mass is 10.2. The second-order valence-electron chi connectivity index (χ2n) is 4.27. The zero-order valence-corrected chi connectivity index (χ0v) is 12.4. The molecule has 0 bridgehead atoms. The van der Waals surface area contributed by atoms with Gasteiger partial charge in [-0.25, -0.2) is 4.98 Å². The van der Waals surface area contributed by atoms with Crippen LogP contribution in [-0.4, -0.2) is 17.3 Å². The summed E-state index contributed by atoms with van der Waals surface area (Å²) in [5.41, 5.74) is 1.10. The summed E-state index contributed by atoms with van der Waals surface area (Å²) >= 11 is 14.2. The van der Waals surface area contributed by atoms with E-state index in [-0.39, 0.29) is 5.37 Å². The summed E-state index contributed by atoms with van der Waals surface area (Å²) in [5, 5.41) is 1.59. The molecule has 1 aromatic carbocycles. The molecular weight excluding hydrogens is 299 g/mol. The van der Waals surface area contributed by atoms with Crippen LogP contribution in [0.2, 0.25) is 10.0 Å². The molecule has 19 heavy (non-hydrogen) atoms. The normalized spacial score (nSPS) is 18.8. The number of thioether (sulfide) groups is 1. The minimum Gasteiger partial charge on any atom is -0.340 e.